The SMILES string of the molecule is CCOC(Cc1ccc(OCCN(CCCCC2CCCCC2)C(=O)Oc2ccccc2OC(F)(F)F)cc1)C(=O)O. The number of ether oxygens (including phenoxy) is 4. The molecule has 11 heteroatoms. The van der Waals surface area contributed by atoms with Gasteiger partial charge in [-0.25, -0.2) is 9.59 Å². The van der Waals surface area contributed by atoms with Crippen molar-refractivity contribution >= 4 is 12.1 Å². The molecule has 0 saturated heterocycles. The fraction of sp³-hybridized carbons (Fsp3) is 0.548. The number of hydrogen-bond donors (Lipinski definition) is 1. The number of amides is 1. The Hall–Kier alpha value is -3.47. The number of aliphatic carboxylic acids is 1. The fourth-order valence-electron chi connectivity index (χ4n) is 5.04. The number of rotatable bonds is 16. The highest BCUT2D eigenvalue weighted by Crippen LogP contribution is 2.32. The maximum absolute atomic E-state index is 13.1. The molecule has 8 nitrogen and oxygen atoms in total. The van der Waals surface area contributed by atoms with E-state index in [1.165, 1.54) is 55.2 Å². The van der Waals surface area contributed by atoms with Crippen LogP contribution in [0.4, 0.5) is 18.0 Å². The van der Waals surface area contributed by atoms with Crippen molar-refractivity contribution in [3.05, 3.63) is 54.1 Å². The number of carboxylic acid groups (broad SMARTS) is 1. The van der Waals surface area contributed by atoms with Crippen LogP contribution in [-0.4, -0.2) is 60.8 Å². The second-order valence-electron chi connectivity index (χ2n) is 10.3. The quantitative estimate of drug-likeness (QED) is 0.204. The topological polar surface area (TPSA) is 94.5 Å². The Morgan fingerprint density at radius 2 is 1.67 bits per heavy atom. The van der Waals surface area contributed by atoms with Crippen LogP contribution >= 0.6 is 0 Å². The van der Waals surface area contributed by atoms with Crippen LogP contribution in [0.1, 0.15) is 63.9 Å². The Morgan fingerprint density at radius 1 is 0.976 bits per heavy atom. The maximum Gasteiger partial charge on any atom is 0.573 e. The van der Waals surface area contributed by atoms with Crippen LogP contribution in [0.25, 0.3) is 0 Å². The molecular weight excluding hydrogens is 555 g/mol. The monoisotopic (exact) mass is 595 g/mol. The van der Waals surface area contributed by atoms with Crippen LogP contribution in [0.2, 0.25) is 0 Å². The normalized spacial score (nSPS) is 14.7. The molecule has 0 aromatic heterocycles. The van der Waals surface area contributed by atoms with E-state index in [4.69, 9.17) is 14.2 Å². The van der Waals surface area contributed by atoms with Crippen LogP contribution in [0, 0.1) is 5.92 Å². The maximum atomic E-state index is 13.1. The van der Waals surface area contributed by atoms with Gasteiger partial charge < -0.3 is 29.0 Å². The Bertz CT molecular complexity index is 1100. The summed E-state index contributed by atoms with van der Waals surface area (Å²) < 4.78 is 58.9. The van der Waals surface area contributed by atoms with Crippen LogP contribution in [-0.2, 0) is 16.0 Å². The molecule has 2 aromatic carbocycles. The summed E-state index contributed by atoms with van der Waals surface area (Å²) in [7, 11) is 0. The highest BCUT2D eigenvalue weighted by atomic mass is 19.4. The van der Waals surface area contributed by atoms with Crippen LogP contribution in [0.5, 0.6) is 17.2 Å². The largest absolute Gasteiger partial charge is 0.573 e. The van der Waals surface area contributed by atoms with Gasteiger partial charge in [0.15, 0.2) is 17.6 Å². The second kappa shape index (κ2) is 16.8. The standard InChI is InChI=1S/C31H40F3NO7/c1-2-39-28(29(36)37)22-24-15-17-25(18-16-24)40-21-20-35(19-9-8-12-23-10-4-3-5-11-23)30(38)41-26-13-6-7-14-27(26)42-31(32,33)34/h6-7,13-18,23,28H,2-5,8-12,19-22H2,1H3,(H,36,37). The van der Waals surface area contributed by atoms with E-state index in [-0.39, 0.29) is 25.3 Å². The third-order valence-corrected chi connectivity index (χ3v) is 7.16. The van der Waals surface area contributed by atoms with Crippen LogP contribution in [0.15, 0.2) is 48.5 Å². The first-order valence-corrected chi connectivity index (χ1v) is 14.5. The first kappa shape index (κ1) is 33.0. The van der Waals surface area contributed by atoms with Crippen molar-refractivity contribution in [3.8, 4) is 17.2 Å². The van der Waals surface area contributed by atoms with Crippen molar-refractivity contribution < 1.29 is 46.8 Å². The van der Waals surface area contributed by atoms with E-state index in [0.717, 1.165) is 30.9 Å². The molecule has 1 saturated carbocycles. The summed E-state index contributed by atoms with van der Waals surface area (Å²) in [5.41, 5.74) is 0.770. The van der Waals surface area contributed by atoms with Gasteiger partial charge in [-0.15, -0.1) is 13.2 Å². The Balaban J connectivity index is 1.58. The summed E-state index contributed by atoms with van der Waals surface area (Å²) >= 11 is 0. The summed E-state index contributed by atoms with van der Waals surface area (Å²) in [5, 5.41) is 9.29. The number of carbonyl (C=O) groups excluding carboxylic acids is 1. The number of halogens is 3. The van der Waals surface area contributed by atoms with Crippen molar-refractivity contribution in [3.63, 3.8) is 0 Å². The van der Waals surface area contributed by atoms with E-state index in [9.17, 15) is 27.9 Å². The summed E-state index contributed by atoms with van der Waals surface area (Å²) in [6.07, 6.45) is 2.57. The van der Waals surface area contributed by atoms with Gasteiger partial charge in [0.25, 0.3) is 0 Å². The van der Waals surface area contributed by atoms with Crippen molar-refractivity contribution in [2.75, 3.05) is 26.3 Å². The van der Waals surface area contributed by atoms with Gasteiger partial charge in [0.2, 0.25) is 0 Å². The molecule has 0 radical (unpaired) electrons. The molecule has 1 aliphatic carbocycles. The molecule has 232 valence electrons. The zero-order chi connectivity index (χ0) is 30.4. The lowest BCUT2D eigenvalue weighted by Crippen LogP contribution is -2.37. The number of hydrogen-bond acceptors (Lipinski definition) is 6. The highest BCUT2D eigenvalue weighted by molar-refractivity contribution is 5.73. The van der Waals surface area contributed by atoms with Crippen molar-refractivity contribution in [2.45, 2.75) is 77.2 Å². The molecule has 1 unspecified atom stereocenters. The zero-order valence-electron chi connectivity index (χ0n) is 23.9. The number of benzene rings is 2. The van der Waals surface area contributed by atoms with Gasteiger partial charge in [0.05, 0.1) is 6.54 Å². The predicted octanol–water partition coefficient (Wildman–Crippen LogP) is 7.25. The number of nitrogens with zero attached hydrogens (tertiary/aromatic N) is 1. The van der Waals surface area contributed by atoms with E-state index in [0.29, 0.717) is 24.8 Å². The molecule has 2 aromatic rings. The molecule has 42 heavy (non-hydrogen) atoms. The minimum atomic E-state index is -4.93. The molecule has 1 N–H and O–H groups in total. The van der Waals surface area contributed by atoms with E-state index in [1.807, 2.05) is 0 Å². The predicted molar refractivity (Wildman–Crippen MR) is 150 cm³/mol. The molecule has 0 spiro atoms. The molecule has 0 heterocycles. The molecule has 0 bridgehead atoms. The van der Waals surface area contributed by atoms with Crippen molar-refractivity contribution in [2.24, 2.45) is 5.92 Å². The first-order valence-electron chi connectivity index (χ1n) is 14.5. The Kier molecular flexibility index (Phi) is 13.2. The minimum absolute atomic E-state index is 0.120. The Morgan fingerprint density at radius 3 is 2.31 bits per heavy atom. The minimum Gasteiger partial charge on any atom is -0.492 e. The van der Waals surface area contributed by atoms with Crippen LogP contribution < -0.4 is 14.2 Å². The molecular formula is C31H40F3NO7. The zero-order valence-corrected chi connectivity index (χ0v) is 23.9. The lowest BCUT2D eigenvalue weighted by molar-refractivity contribution is -0.275. The number of carboxylic acids is 1. The summed E-state index contributed by atoms with van der Waals surface area (Å²) in [6, 6.07) is 12.1. The van der Waals surface area contributed by atoms with Gasteiger partial charge in [-0.1, -0.05) is 69.2 Å². The van der Waals surface area contributed by atoms with E-state index < -0.39 is 30.3 Å². The third kappa shape index (κ3) is 11.8. The number of unbranched alkanes of at least 4 members (excludes halogenated alkanes) is 1. The van der Waals surface area contributed by atoms with Gasteiger partial charge in [-0.3, -0.25) is 0 Å². The molecule has 1 aliphatic rings. The fourth-order valence-corrected chi connectivity index (χ4v) is 5.04. The summed E-state index contributed by atoms with van der Waals surface area (Å²) in [5.74, 6) is -0.722. The molecule has 1 atom stereocenters. The lowest BCUT2D eigenvalue weighted by Gasteiger charge is -2.24. The number of alkyl halides is 3. The highest BCUT2D eigenvalue weighted by Gasteiger charge is 2.33. The average molecular weight is 596 g/mol. The van der Waals surface area contributed by atoms with Crippen molar-refractivity contribution in [1.29, 1.82) is 0 Å². The van der Waals surface area contributed by atoms with Gasteiger partial charge >= 0.3 is 18.4 Å². The van der Waals surface area contributed by atoms with E-state index in [2.05, 4.69) is 4.74 Å². The lowest BCUT2D eigenvalue weighted by atomic mass is 9.86. The van der Waals surface area contributed by atoms with Crippen LogP contribution in [0.3, 0.4) is 0 Å². The first-order chi connectivity index (χ1) is 20.1. The molecule has 1 fully saturated rings. The summed E-state index contributed by atoms with van der Waals surface area (Å²) in [6.45, 7) is 2.66. The van der Waals surface area contributed by atoms with Gasteiger partial charge in [0.1, 0.15) is 12.4 Å². The number of para-hydroxylation sites is 2. The van der Waals surface area contributed by atoms with E-state index in [1.54, 1.807) is 31.2 Å². The Labute approximate surface area is 244 Å². The second-order valence-corrected chi connectivity index (χ2v) is 10.3. The van der Waals surface area contributed by atoms with E-state index >= 15 is 0 Å². The molecule has 1 amide bonds. The van der Waals surface area contributed by atoms with Gasteiger partial charge in [-0.2, -0.15) is 0 Å². The third-order valence-electron chi connectivity index (χ3n) is 7.16. The smallest absolute Gasteiger partial charge is 0.492 e. The molecule has 3 rings (SSSR count). The van der Waals surface area contributed by atoms with Gasteiger partial charge in [0, 0.05) is 19.6 Å². The number of carbonyl (C=O) groups is 2. The average Bonchev–Trinajstić information content (AvgIpc) is 2.95. The van der Waals surface area contributed by atoms with Crippen molar-refractivity contribution in [1.82, 2.24) is 4.90 Å². The summed E-state index contributed by atoms with van der Waals surface area (Å²) in [4.78, 5) is 25.8. The van der Waals surface area contributed by atoms with Gasteiger partial charge in [-0.05, 0) is 49.1 Å². The molecule has 0 aliphatic heterocycles.